The number of fused-ring (bicyclic) bond motifs is 1. The van der Waals surface area contributed by atoms with Crippen molar-refractivity contribution in [3.8, 4) is 0 Å². The molecule has 0 radical (unpaired) electrons. The van der Waals surface area contributed by atoms with Crippen molar-refractivity contribution < 1.29 is 0 Å². The fraction of sp³-hybridized carbons (Fsp3) is 0.727. The Kier molecular flexibility index (Phi) is 2.77. The summed E-state index contributed by atoms with van der Waals surface area (Å²) >= 11 is 1.84. The van der Waals surface area contributed by atoms with Crippen molar-refractivity contribution in [1.29, 1.82) is 0 Å². The highest BCUT2D eigenvalue weighted by Gasteiger charge is 2.26. The molecule has 2 nitrogen and oxygen atoms in total. The number of anilines is 1. The van der Waals surface area contributed by atoms with Gasteiger partial charge in [0.05, 0.1) is 5.69 Å². The number of nitrogens with zero attached hydrogens (tertiary/aromatic N) is 1. The van der Waals surface area contributed by atoms with Crippen LogP contribution in [0, 0.1) is 5.92 Å². The standard InChI is InChI=1S/C11H18N2S/c1-4-12-11-13-10-8(3)7(2)5-6-9(10)14-11/h7-8H,4-6H2,1-3H3,(H,12,13). The molecule has 1 aliphatic carbocycles. The van der Waals surface area contributed by atoms with Gasteiger partial charge in [-0.25, -0.2) is 4.98 Å². The average molecular weight is 210 g/mol. The molecule has 0 bridgehead atoms. The van der Waals surface area contributed by atoms with Crippen molar-refractivity contribution in [1.82, 2.24) is 4.98 Å². The molecule has 2 atom stereocenters. The van der Waals surface area contributed by atoms with E-state index in [0.717, 1.165) is 17.6 Å². The summed E-state index contributed by atoms with van der Waals surface area (Å²) in [5.74, 6) is 1.43. The van der Waals surface area contributed by atoms with E-state index in [4.69, 9.17) is 0 Å². The smallest absolute Gasteiger partial charge is 0.183 e. The fourth-order valence-corrected chi connectivity index (χ4v) is 3.15. The van der Waals surface area contributed by atoms with Crippen LogP contribution in [0.2, 0.25) is 0 Å². The van der Waals surface area contributed by atoms with Crippen molar-refractivity contribution >= 4 is 16.5 Å². The molecule has 0 spiro atoms. The largest absolute Gasteiger partial charge is 0.362 e. The van der Waals surface area contributed by atoms with E-state index in [0.29, 0.717) is 5.92 Å². The number of hydrogen-bond donors (Lipinski definition) is 1. The second-order valence-corrected chi connectivity index (χ2v) is 5.25. The summed E-state index contributed by atoms with van der Waals surface area (Å²) in [6.07, 6.45) is 2.55. The van der Waals surface area contributed by atoms with Crippen molar-refractivity contribution in [2.24, 2.45) is 5.92 Å². The summed E-state index contributed by atoms with van der Waals surface area (Å²) in [7, 11) is 0. The van der Waals surface area contributed by atoms with Gasteiger partial charge in [0.25, 0.3) is 0 Å². The zero-order valence-corrected chi connectivity index (χ0v) is 9.95. The van der Waals surface area contributed by atoms with Crippen LogP contribution in [0.4, 0.5) is 5.13 Å². The van der Waals surface area contributed by atoms with E-state index >= 15 is 0 Å². The lowest BCUT2D eigenvalue weighted by atomic mass is 9.83. The lowest BCUT2D eigenvalue weighted by molar-refractivity contribution is 0.422. The van der Waals surface area contributed by atoms with Crippen LogP contribution >= 0.6 is 11.3 Å². The third-order valence-electron chi connectivity index (χ3n) is 3.17. The van der Waals surface area contributed by atoms with Gasteiger partial charge in [0.15, 0.2) is 5.13 Å². The number of aryl methyl sites for hydroxylation is 1. The Hall–Kier alpha value is -0.570. The molecule has 2 rings (SSSR count). The van der Waals surface area contributed by atoms with Crippen LogP contribution in [0.3, 0.4) is 0 Å². The highest BCUT2D eigenvalue weighted by Crippen LogP contribution is 2.39. The summed E-state index contributed by atoms with van der Waals surface area (Å²) in [5.41, 5.74) is 1.35. The first-order valence-electron chi connectivity index (χ1n) is 5.45. The third kappa shape index (κ3) is 1.65. The minimum absolute atomic E-state index is 0.641. The van der Waals surface area contributed by atoms with Gasteiger partial charge in [-0.15, -0.1) is 11.3 Å². The van der Waals surface area contributed by atoms with Gasteiger partial charge in [0.2, 0.25) is 0 Å². The Bertz CT molecular complexity index is 319. The zero-order chi connectivity index (χ0) is 10.1. The first kappa shape index (κ1) is 9.97. The highest BCUT2D eigenvalue weighted by atomic mass is 32.1. The summed E-state index contributed by atoms with van der Waals surface area (Å²) in [4.78, 5) is 6.19. The van der Waals surface area contributed by atoms with Crippen molar-refractivity contribution in [3.63, 3.8) is 0 Å². The van der Waals surface area contributed by atoms with Gasteiger partial charge >= 0.3 is 0 Å². The van der Waals surface area contributed by atoms with E-state index in [2.05, 4.69) is 31.1 Å². The van der Waals surface area contributed by atoms with Crippen molar-refractivity contribution in [2.75, 3.05) is 11.9 Å². The lowest BCUT2D eigenvalue weighted by Crippen LogP contribution is -2.14. The molecule has 3 heteroatoms. The molecule has 1 heterocycles. The maximum absolute atomic E-state index is 4.68. The zero-order valence-electron chi connectivity index (χ0n) is 9.13. The summed E-state index contributed by atoms with van der Waals surface area (Å²) in [5, 5.41) is 4.42. The summed E-state index contributed by atoms with van der Waals surface area (Å²) in [6.45, 7) is 7.72. The van der Waals surface area contributed by atoms with E-state index in [-0.39, 0.29) is 0 Å². The Morgan fingerprint density at radius 3 is 3.00 bits per heavy atom. The molecule has 1 N–H and O–H groups in total. The highest BCUT2D eigenvalue weighted by molar-refractivity contribution is 7.15. The molecule has 0 aliphatic heterocycles. The molecular formula is C11H18N2S. The molecule has 14 heavy (non-hydrogen) atoms. The van der Waals surface area contributed by atoms with Gasteiger partial charge in [0.1, 0.15) is 0 Å². The Morgan fingerprint density at radius 2 is 2.29 bits per heavy atom. The molecular weight excluding hydrogens is 192 g/mol. The van der Waals surface area contributed by atoms with Gasteiger partial charge in [0, 0.05) is 17.3 Å². The van der Waals surface area contributed by atoms with Crippen LogP contribution in [0.1, 0.15) is 43.7 Å². The van der Waals surface area contributed by atoms with Crippen LogP contribution in [0.25, 0.3) is 0 Å². The van der Waals surface area contributed by atoms with Crippen LogP contribution in [0.15, 0.2) is 0 Å². The predicted octanol–water partition coefficient (Wildman–Crippen LogP) is 3.26. The van der Waals surface area contributed by atoms with Gasteiger partial charge < -0.3 is 5.32 Å². The third-order valence-corrected chi connectivity index (χ3v) is 4.26. The molecule has 1 aliphatic rings. The van der Waals surface area contributed by atoms with Crippen molar-refractivity contribution in [3.05, 3.63) is 10.6 Å². The minimum atomic E-state index is 0.641. The number of thiazole rings is 1. The van der Waals surface area contributed by atoms with Gasteiger partial charge in [-0.2, -0.15) is 0 Å². The van der Waals surface area contributed by atoms with Crippen LogP contribution in [-0.4, -0.2) is 11.5 Å². The second kappa shape index (κ2) is 3.89. The topological polar surface area (TPSA) is 24.9 Å². The van der Waals surface area contributed by atoms with Gasteiger partial charge in [-0.05, 0) is 25.7 Å². The molecule has 78 valence electrons. The summed E-state index contributed by atoms with van der Waals surface area (Å²) in [6, 6.07) is 0. The first-order chi connectivity index (χ1) is 6.72. The molecule has 0 saturated heterocycles. The number of nitrogens with one attached hydrogen (secondary N) is 1. The first-order valence-corrected chi connectivity index (χ1v) is 6.27. The minimum Gasteiger partial charge on any atom is -0.362 e. The molecule has 0 aromatic carbocycles. The average Bonchev–Trinajstić information content (AvgIpc) is 2.56. The van der Waals surface area contributed by atoms with Crippen LogP contribution in [0.5, 0.6) is 0 Å². The molecule has 1 aromatic rings. The maximum Gasteiger partial charge on any atom is 0.183 e. The van der Waals surface area contributed by atoms with Crippen LogP contribution in [-0.2, 0) is 6.42 Å². The van der Waals surface area contributed by atoms with E-state index in [1.807, 2.05) is 11.3 Å². The molecule has 1 aromatic heterocycles. The molecule has 2 unspecified atom stereocenters. The Labute approximate surface area is 89.8 Å². The van der Waals surface area contributed by atoms with E-state index < -0.39 is 0 Å². The SMILES string of the molecule is CCNc1nc2c(s1)CCC(C)C2C. The number of aromatic nitrogens is 1. The maximum atomic E-state index is 4.68. The van der Waals surface area contributed by atoms with E-state index in [9.17, 15) is 0 Å². The normalized spacial score (nSPS) is 25.9. The fourth-order valence-electron chi connectivity index (χ4n) is 2.00. The second-order valence-electron chi connectivity index (χ2n) is 4.16. The van der Waals surface area contributed by atoms with Crippen molar-refractivity contribution in [2.45, 2.75) is 39.5 Å². The summed E-state index contributed by atoms with van der Waals surface area (Å²) < 4.78 is 0. The molecule has 0 fully saturated rings. The molecule has 0 amide bonds. The van der Waals surface area contributed by atoms with E-state index in [1.54, 1.807) is 0 Å². The van der Waals surface area contributed by atoms with Gasteiger partial charge in [-0.3, -0.25) is 0 Å². The Balaban J connectivity index is 2.27. The lowest BCUT2D eigenvalue weighted by Gasteiger charge is -2.24. The molecule has 0 saturated carbocycles. The quantitative estimate of drug-likeness (QED) is 0.810. The van der Waals surface area contributed by atoms with Crippen LogP contribution < -0.4 is 5.32 Å². The van der Waals surface area contributed by atoms with Gasteiger partial charge in [-0.1, -0.05) is 13.8 Å². The predicted molar refractivity (Wildman–Crippen MR) is 62.2 cm³/mol. The van der Waals surface area contributed by atoms with E-state index in [1.165, 1.54) is 23.4 Å². The number of hydrogen-bond acceptors (Lipinski definition) is 3. The Morgan fingerprint density at radius 1 is 1.50 bits per heavy atom. The monoisotopic (exact) mass is 210 g/mol. The number of rotatable bonds is 2.